The number of carbonyl (C=O) groups excluding carboxylic acids is 12. The number of halogens is 2. The van der Waals surface area contributed by atoms with Crippen LogP contribution in [0, 0.1) is 35.3 Å². The number of nitrogens with zero attached hydrogens (tertiary/aromatic N) is 6. The lowest BCUT2D eigenvalue weighted by atomic mass is 9.98. The third kappa shape index (κ3) is 19.9. The summed E-state index contributed by atoms with van der Waals surface area (Å²) in [5, 5.41) is 6.10. The molecule has 9 aliphatic rings. The topological polar surface area (TPSA) is 416 Å². The molecule has 5 heterocycles. The second kappa shape index (κ2) is 33.4. The van der Waals surface area contributed by atoms with Crippen molar-refractivity contribution in [2.75, 3.05) is 33.2 Å². The fourth-order valence-corrected chi connectivity index (χ4v) is 18.6. The lowest BCUT2D eigenvalue weighted by Gasteiger charge is -2.34. The molecule has 12 amide bonds. The van der Waals surface area contributed by atoms with E-state index in [0.29, 0.717) is 42.4 Å². The molecular weight excluding hydrogens is 1500 g/mol. The lowest BCUT2D eigenvalue weighted by Crippen LogP contribution is -2.59. The van der Waals surface area contributed by atoms with Crippen molar-refractivity contribution in [1.29, 1.82) is 0 Å². The Bertz CT molecular complexity index is 4420. The summed E-state index contributed by atoms with van der Waals surface area (Å²) >= 11 is 0. The predicted molar refractivity (Wildman–Crippen MR) is 396 cm³/mol. The number of allylic oxidation sites excluding steroid dienone is 2. The number of fused-ring (bicyclic) bond motifs is 4. The van der Waals surface area contributed by atoms with E-state index in [4.69, 9.17) is 24.7 Å². The van der Waals surface area contributed by atoms with Crippen molar-refractivity contribution < 1.29 is 102 Å². The summed E-state index contributed by atoms with van der Waals surface area (Å²) in [6.07, 6.45) is 4.03. The molecule has 112 heavy (non-hydrogen) atoms. The van der Waals surface area contributed by atoms with Crippen LogP contribution in [-0.2, 0) is 104 Å². The molecule has 608 valence electrons. The molecule has 2 saturated heterocycles. The highest BCUT2D eigenvalue weighted by Crippen LogP contribution is 2.48. The number of nitrogens with two attached hydrogens (primary N) is 1. The van der Waals surface area contributed by atoms with E-state index in [1.165, 1.54) is 64.8 Å². The van der Waals surface area contributed by atoms with E-state index in [0.717, 1.165) is 22.0 Å². The summed E-state index contributed by atoms with van der Waals surface area (Å²) in [5.74, 6) is -9.77. The quantitative estimate of drug-likeness (QED) is 0.0449. The van der Waals surface area contributed by atoms with Crippen LogP contribution in [-0.4, -0.2) is 221 Å². The predicted octanol–water partition coefficient (Wildman–Crippen LogP) is 4.60. The SMILES string of the molecule is C=CC(=O)N(CC=CC1CC1C(=O)NS(=O)(=O)C1CC1CC(C)(C)OC(=O)NC1CC(N(C)C(=O)C=C)CCCC=CC2CC2(C(=O)NS(=O)(=O)C2CC2)NC(=O)C2CC(OC(=O)N3Cc4cccc(F)c4C3)CN2C1=O)CCCC(NC(=O)OC(C)(C)C)C(=O)N1CC(OC(=O)N2Cc3cccc(F)c3C2)CC1C(N)=O. The minimum absolute atomic E-state index is 0.00177. The number of sulfonamides is 2. The van der Waals surface area contributed by atoms with Gasteiger partial charge in [-0.05, 0) is 159 Å². The van der Waals surface area contributed by atoms with Gasteiger partial charge in [0.15, 0.2) is 0 Å². The van der Waals surface area contributed by atoms with Gasteiger partial charge in [-0.25, -0.2) is 44.8 Å². The summed E-state index contributed by atoms with van der Waals surface area (Å²) < 4.78 is 111. The van der Waals surface area contributed by atoms with Gasteiger partial charge in [-0.3, -0.25) is 57.6 Å². The zero-order valence-electron chi connectivity index (χ0n) is 63.4. The molecule has 2 aromatic carbocycles. The molecule has 4 aliphatic carbocycles. The van der Waals surface area contributed by atoms with Gasteiger partial charge < -0.3 is 60.2 Å². The lowest BCUT2D eigenvalue weighted by molar-refractivity contribution is -0.142. The van der Waals surface area contributed by atoms with E-state index in [-0.39, 0.29) is 116 Å². The highest BCUT2D eigenvalue weighted by atomic mass is 32.2. The van der Waals surface area contributed by atoms with E-state index in [1.807, 2.05) is 0 Å². The maximum Gasteiger partial charge on any atom is 0.410 e. The zero-order valence-corrected chi connectivity index (χ0v) is 65.0. The van der Waals surface area contributed by atoms with Crippen LogP contribution in [0.25, 0.3) is 0 Å². The van der Waals surface area contributed by atoms with Gasteiger partial charge in [0.25, 0.3) is 5.91 Å². The first-order valence-corrected chi connectivity index (χ1v) is 40.8. The molecule has 36 heteroatoms. The van der Waals surface area contributed by atoms with Gasteiger partial charge in [0, 0.05) is 75.1 Å². The normalized spacial score (nSPS) is 26.4. The summed E-state index contributed by atoms with van der Waals surface area (Å²) in [6.45, 7) is 14.3. The largest absolute Gasteiger partial charge is 0.444 e. The average molecular weight is 1600 g/mol. The number of amides is 12. The van der Waals surface area contributed by atoms with Crippen LogP contribution in [0.5, 0.6) is 0 Å². The van der Waals surface area contributed by atoms with E-state index in [9.17, 15) is 78.4 Å². The van der Waals surface area contributed by atoms with Crippen molar-refractivity contribution in [1.82, 2.24) is 54.8 Å². The van der Waals surface area contributed by atoms with Crippen molar-refractivity contribution >= 4 is 91.7 Å². The highest BCUT2D eigenvalue weighted by Gasteiger charge is 2.63. The van der Waals surface area contributed by atoms with Gasteiger partial charge in [0.1, 0.15) is 64.8 Å². The molecule has 32 nitrogen and oxygen atoms in total. The van der Waals surface area contributed by atoms with Crippen LogP contribution in [0.4, 0.5) is 28.0 Å². The maximum absolute atomic E-state index is 15.5. The summed E-state index contributed by atoms with van der Waals surface area (Å²) in [7, 11) is -6.94. The maximum atomic E-state index is 15.5. The van der Waals surface area contributed by atoms with Crippen molar-refractivity contribution in [3.8, 4) is 0 Å². The van der Waals surface area contributed by atoms with Crippen LogP contribution in [0.1, 0.15) is 147 Å². The van der Waals surface area contributed by atoms with E-state index < -0.39 is 203 Å². The number of rotatable bonds is 25. The minimum atomic E-state index is -4.31. The van der Waals surface area contributed by atoms with Crippen molar-refractivity contribution in [3.63, 3.8) is 0 Å². The molecule has 4 saturated carbocycles. The zero-order chi connectivity index (χ0) is 81.3. The van der Waals surface area contributed by atoms with Crippen LogP contribution in [0.15, 0.2) is 86.0 Å². The first kappa shape index (κ1) is 82.9. The van der Waals surface area contributed by atoms with Gasteiger partial charge in [-0.15, -0.1) is 0 Å². The summed E-state index contributed by atoms with van der Waals surface area (Å²) in [5.41, 5.74) is 3.33. The number of primary amides is 1. The van der Waals surface area contributed by atoms with E-state index >= 15 is 4.79 Å². The number of likely N-dealkylation sites (N-methyl/N-ethyl adjacent to an activating group) is 1. The van der Waals surface area contributed by atoms with Crippen molar-refractivity contribution in [3.05, 3.63) is 120 Å². The van der Waals surface area contributed by atoms with Crippen molar-refractivity contribution in [2.45, 2.75) is 220 Å². The Kier molecular flexibility index (Phi) is 24.7. The highest BCUT2D eigenvalue weighted by molar-refractivity contribution is 7.91. The second-order valence-corrected chi connectivity index (χ2v) is 35.9. The first-order valence-electron chi connectivity index (χ1n) is 37.7. The van der Waals surface area contributed by atoms with E-state index in [1.54, 1.807) is 57.2 Å². The first-order chi connectivity index (χ1) is 52.8. The van der Waals surface area contributed by atoms with Gasteiger partial charge >= 0.3 is 24.4 Å². The number of benzene rings is 2. The average Bonchev–Trinajstić information content (AvgIpc) is 1.56. The Labute approximate surface area is 648 Å². The number of carbonyl (C=O) groups is 12. The summed E-state index contributed by atoms with van der Waals surface area (Å²) in [6, 6.07) is 2.41. The third-order valence-corrected chi connectivity index (χ3v) is 25.6. The minimum Gasteiger partial charge on any atom is -0.444 e. The van der Waals surface area contributed by atoms with Gasteiger partial charge in [0.05, 0.1) is 36.7 Å². The van der Waals surface area contributed by atoms with Gasteiger partial charge in [0.2, 0.25) is 61.4 Å². The molecule has 0 bridgehead atoms. The Hall–Kier alpha value is -10.0. The Morgan fingerprint density at radius 3 is 2.01 bits per heavy atom. The number of alkyl carbamates (subject to hydrolysis) is 2. The number of nitrogens with one attached hydrogen (secondary N) is 5. The molecule has 0 aromatic heterocycles. The molecular formula is C76H98F2N12O20S2. The Balaban J connectivity index is 0.700. The Morgan fingerprint density at radius 1 is 0.777 bits per heavy atom. The Morgan fingerprint density at radius 2 is 1.41 bits per heavy atom. The molecule has 0 radical (unpaired) electrons. The van der Waals surface area contributed by atoms with Crippen LogP contribution in [0.2, 0.25) is 0 Å². The molecule has 13 atom stereocenters. The molecule has 0 spiro atoms. The van der Waals surface area contributed by atoms with Crippen molar-refractivity contribution in [2.24, 2.45) is 29.4 Å². The fourth-order valence-electron chi connectivity index (χ4n) is 15.5. The number of likely N-dealkylation sites (tertiary alicyclic amines) is 1. The molecule has 5 aliphatic heterocycles. The van der Waals surface area contributed by atoms with Crippen LogP contribution >= 0.6 is 0 Å². The molecule has 13 unspecified atom stereocenters. The monoisotopic (exact) mass is 1600 g/mol. The smallest absolute Gasteiger partial charge is 0.410 e. The molecule has 7 N–H and O–H groups in total. The number of ether oxygens (including phenoxy) is 4. The third-order valence-electron chi connectivity index (χ3n) is 21.9. The van der Waals surface area contributed by atoms with E-state index in [2.05, 4.69) is 38.6 Å². The molecule has 2 aromatic rings. The van der Waals surface area contributed by atoms with Gasteiger partial charge in [-0.2, -0.15) is 0 Å². The van der Waals surface area contributed by atoms with Crippen LogP contribution in [0.3, 0.4) is 0 Å². The number of hydrogen-bond donors (Lipinski definition) is 6. The number of hydrogen-bond acceptors (Lipinski definition) is 20. The van der Waals surface area contributed by atoms with Crippen LogP contribution < -0.4 is 31.1 Å². The van der Waals surface area contributed by atoms with Gasteiger partial charge in [-0.1, -0.05) is 61.7 Å². The fraction of sp³-hybridized carbons (Fsp3) is 0.579. The summed E-state index contributed by atoms with van der Waals surface area (Å²) in [4.78, 5) is 174. The second-order valence-electron chi connectivity index (χ2n) is 32.1. The standard InChI is InChI=1S/C76H98F2N12O20S2/c1-9-62(91)85(8)48-22-13-11-12-21-47-36-76(47,69(98)84-111(103,104)51-26-27-51)82-66(95)60-34-50(108-73(102)88-38-45-19-15-24-56(78)54(45)42-88)40-90(60)68(97)58(32-48)81-71(100)110-75(6,7)35-46-31-61(46)112(105,106)83-65(94)52-30-43(52)20-16-28-86(63(92)10-2)29-17-25-57(80-70(99)109-74(3,4)5)67(96)89-39-49(33-59(89)64(79)93)107-72(101)87-37-44-18-14-23-55(77)53(44)41-87/h9-10,12,14-16,18-21,23-24,43,46-52,57-61H,1-2,11,13,17,22,25-42H2,3-8H3,(H2,79,93)(H,80,99)(H,81,100)(H,82,95)(H,83,94)(H,84,98). The molecule has 6 fully saturated rings. The molecule has 11 rings (SSSR count).